The molecule has 0 saturated heterocycles. The molecule has 3 aromatic carbocycles. The van der Waals surface area contributed by atoms with Crippen molar-refractivity contribution in [3.8, 4) is 34.2 Å². The van der Waals surface area contributed by atoms with Crippen LogP contribution in [0.3, 0.4) is 0 Å². The van der Waals surface area contributed by atoms with Crippen molar-refractivity contribution < 1.29 is 0 Å². The topological polar surface area (TPSA) is 41.9 Å². The second kappa shape index (κ2) is 8.65. The summed E-state index contributed by atoms with van der Waals surface area (Å²) in [6.45, 7) is 6.30. The van der Waals surface area contributed by atoms with E-state index in [0.717, 1.165) is 29.8 Å². The molecule has 0 aliphatic rings. The zero-order chi connectivity index (χ0) is 20.1. The highest BCUT2D eigenvalue weighted by Gasteiger charge is 2.12. The molecule has 0 fully saturated rings. The molecule has 0 spiro atoms. The summed E-state index contributed by atoms with van der Waals surface area (Å²) in [5.74, 6) is 2.05. The van der Waals surface area contributed by atoms with Crippen LogP contribution in [0.2, 0.25) is 0 Å². The van der Waals surface area contributed by atoms with Gasteiger partial charge in [-0.1, -0.05) is 60.7 Å². The Morgan fingerprint density at radius 2 is 0.897 bits per heavy atom. The molecule has 0 N–H and O–H groups in total. The van der Waals surface area contributed by atoms with Gasteiger partial charge in [0, 0.05) is 35.5 Å². The molecule has 0 aliphatic heterocycles. The summed E-state index contributed by atoms with van der Waals surface area (Å²) in [5, 5.41) is 0. The van der Waals surface area contributed by atoms with Gasteiger partial charge >= 0.3 is 0 Å². The van der Waals surface area contributed by atoms with Gasteiger partial charge < -0.3 is 4.90 Å². The number of benzene rings is 3. The minimum Gasteiger partial charge on any atom is -0.372 e. The fourth-order valence-electron chi connectivity index (χ4n) is 3.35. The molecular formula is C25H24N4. The van der Waals surface area contributed by atoms with Crippen molar-refractivity contribution in [2.45, 2.75) is 13.8 Å². The average molecular weight is 380 g/mol. The number of anilines is 1. The van der Waals surface area contributed by atoms with E-state index in [1.165, 1.54) is 5.69 Å². The average Bonchev–Trinajstić information content (AvgIpc) is 2.81. The molecule has 1 aromatic heterocycles. The molecule has 0 aliphatic carbocycles. The second-order valence-corrected chi connectivity index (χ2v) is 6.76. The molecule has 0 saturated carbocycles. The Bertz CT molecular complexity index is 999. The van der Waals surface area contributed by atoms with Gasteiger partial charge in [-0.05, 0) is 38.1 Å². The van der Waals surface area contributed by atoms with Crippen molar-refractivity contribution in [2.75, 3.05) is 18.0 Å². The molecular weight excluding hydrogens is 356 g/mol. The minimum atomic E-state index is 0.683. The summed E-state index contributed by atoms with van der Waals surface area (Å²) in [7, 11) is 0. The lowest BCUT2D eigenvalue weighted by molar-refractivity contribution is 0.866. The van der Waals surface area contributed by atoms with Crippen LogP contribution in [-0.2, 0) is 0 Å². The highest BCUT2D eigenvalue weighted by molar-refractivity contribution is 5.67. The summed E-state index contributed by atoms with van der Waals surface area (Å²) in [5.41, 5.74) is 4.15. The van der Waals surface area contributed by atoms with E-state index in [0.29, 0.717) is 17.5 Å². The van der Waals surface area contributed by atoms with Crippen molar-refractivity contribution in [1.29, 1.82) is 0 Å². The van der Waals surface area contributed by atoms with Crippen LogP contribution in [0.5, 0.6) is 0 Å². The molecule has 4 heteroatoms. The Hall–Kier alpha value is -3.53. The van der Waals surface area contributed by atoms with E-state index in [4.69, 9.17) is 15.0 Å². The van der Waals surface area contributed by atoms with Crippen LogP contribution >= 0.6 is 0 Å². The second-order valence-electron chi connectivity index (χ2n) is 6.76. The van der Waals surface area contributed by atoms with Crippen LogP contribution in [-0.4, -0.2) is 28.0 Å². The molecule has 4 aromatic rings. The summed E-state index contributed by atoms with van der Waals surface area (Å²) in [4.78, 5) is 16.6. The van der Waals surface area contributed by atoms with Gasteiger partial charge in [0.2, 0.25) is 0 Å². The van der Waals surface area contributed by atoms with E-state index >= 15 is 0 Å². The summed E-state index contributed by atoms with van der Waals surface area (Å²) < 4.78 is 0. The molecule has 0 unspecified atom stereocenters. The normalized spacial score (nSPS) is 10.7. The third-order valence-corrected chi connectivity index (χ3v) is 4.95. The van der Waals surface area contributed by atoms with Gasteiger partial charge in [-0.25, -0.2) is 15.0 Å². The number of aromatic nitrogens is 3. The van der Waals surface area contributed by atoms with Crippen LogP contribution in [0.4, 0.5) is 5.69 Å². The first-order chi connectivity index (χ1) is 14.3. The zero-order valence-electron chi connectivity index (χ0n) is 16.8. The van der Waals surface area contributed by atoms with E-state index in [2.05, 4.69) is 43.0 Å². The molecule has 0 bridgehead atoms. The van der Waals surface area contributed by atoms with E-state index in [1.54, 1.807) is 0 Å². The summed E-state index contributed by atoms with van der Waals surface area (Å²) in [6.07, 6.45) is 0. The lowest BCUT2D eigenvalue weighted by Gasteiger charge is -2.21. The van der Waals surface area contributed by atoms with Crippen LogP contribution in [0.25, 0.3) is 34.2 Å². The molecule has 144 valence electrons. The fraction of sp³-hybridized carbons (Fsp3) is 0.160. The molecule has 4 nitrogen and oxygen atoms in total. The molecule has 0 radical (unpaired) electrons. The Balaban J connectivity index is 1.80. The smallest absolute Gasteiger partial charge is 0.164 e. The molecule has 4 rings (SSSR count). The number of rotatable bonds is 6. The van der Waals surface area contributed by atoms with Gasteiger partial charge in [-0.3, -0.25) is 0 Å². The number of hydrogen-bond acceptors (Lipinski definition) is 4. The van der Waals surface area contributed by atoms with Crippen LogP contribution in [0.1, 0.15) is 13.8 Å². The van der Waals surface area contributed by atoms with E-state index in [1.807, 2.05) is 60.7 Å². The third kappa shape index (κ3) is 4.16. The van der Waals surface area contributed by atoms with Crippen LogP contribution in [0.15, 0.2) is 84.9 Å². The van der Waals surface area contributed by atoms with Gasteiger partial charge in [0.05, 0.1) is 0 Å². The van der Waals surface area contributed by atoms with E-state index in [9.17, 15) is 0 Å². The van der Waals surface area contributed by atoms with Crippen LogP contribution in [0, 0.1) is 0 Å². The van der Waals surface area contributed by atoms with Gasteiger partial charge in [-0.15, -0.1) is 0 Å². The number of nitrogens with zero attached hydrogens (tertiary/aromatic N) is 4. The molecule has 1 heterocycles. The monoisotopic (exact) mass is 380 g/mol. The fourth-order valence-corrected chi connectivity index (χ4v) is 3.35. The maximum atomic E-state index is 4.78. The quantitative estimate of drug-likeness (QED) is 0.429. The predicted molar refractivity (Wildman–Crippen MR) is 120 cm³/mol. The van der Waals surface area contributed by atoms with E-state index in [-0.39, 0.29) is 0 Å². The lowest BCUT2D eigenvalue weighted by Crippen LogP contribution is -2.21. The Morgan fingerprint density at radius 1 is 0.517 bits per heavy atom. The Labute approximate surface area is 171 Å². The van der Waals surface area contributed by atoms with Crippen molar-refractivity contribution in [3.05, 3.63) is 84.9 Å². The van der Waals surface area contributed by atoms with Crippen molar-refractivity contribution in [3.63, 3.8) is 0 Å². The maximum Gasteiger partial charge on any atom is 0.164 e. The lowest BCUT2D eigenvalue weighted by atomic mass is 10.1. The van der Waals surface area contributed by atoms with Crippen molar-refractivity contribution >= 4 is 5.69 Å². The first-order valence-electron chi connectivity index (χ1n) is 10.0. The van der Waals surface area contributed by atoms with Crippen LogP contribution < -0.4 is 4.90 Å². The molecule has 0 amide bonds. The van der Waals surface area contributed by atoms with Gasteiger partial charge in [0.15, 0.2) is 17.5 Å². The number of hydrogen-bond donors (Lipinski definition) is 0. The molecule has 29 heavy (non-hydrogen) atoms. The maximum absolute atomic E-state index is 4.78. The summed E-state index contributed by atoms with van der Waals surface area (Å²) >= 11 is 0. The standard InChI is InChI=1S/C25H24N4/c1-3-29(4-2)22-17-15-21(16-18-22)25-27-23(19-11-7-5-8-12-19)26-24(28-25)20-13-9-6-10-14-20/h5-18H,3-4H2,1-2H3. The van der Waals surface area contributed by atoms with Gasteiger partial charge in [0.1, 0.15) is 0 Å². The Kier molecular flexibility index (Phi) is 5.61. The first-order valence-corrected chi connectivity index (χ1v) is 10.0. The summed E-state index contributed by atoms with van der Waals surface area (Å²) in [6, 6.07) is 28.5. The first kappa shape index (κ1) is 18.8. The van der Waals surface area contributed by atoms with Crippen molar-refractivity contribution in [2.24, 2.45) is 0 Å². The highest BCUT2D eigenvalue weighted by Crippen LogP contribution is 2.26. The van der Waals surface area contributed by atoms with Gasteiger partial charge in [0.25, 0.3) is 0 Å². The molecule has 0 atom stereocenters. The minimum absolute atomic E-state index is 0.683. The highest BCUT2D eigenvalue weighted by atomic mass is 15.1. The van der Waals surface area contributed by atoms with Crippen molar-refractivity contribution in [1.82, 2.24) is 15.0 Å². The predicted octanol–water partition coefficient (Wildman–Crippen LogP) is 5.72. The Morgan fingerprint density at radius 3 is 1.28 bits per heavy atom. The van der Waals surface area contributed by atoms with E-state index < -0.39 is 0 Å². The third-order valence-electron chi connectivity index (χ3n) is 4.95. The largest absolute Gasteiger partial charge is 0.372 e. The zero-order valence-corrected chi connectivity index (χ0v) is 16.8. The SMILES string of the molecule is CCN(CC)c1ccc(-c2nc(-c3ccccc3)nc(-c3ccccc3)n2)cc1. The van der Waals surface area contributed by atoms with Gasteiger partial charge in [-0.2, -0.15) is 0 Å².